The molecule has 1 aromatic heterocycles. The summed E-state index contributed by atoms with van der Waals surface area (Å²) in [7, 11) is 0. The van der Waals surface area contributed by atoms with Gasteiger partial charge in [0, 0.05) is 16.8 Å². The molecule has 0 aliphatic heterocycles. The maximum Gasteiger partial charge on any atom is 0.350 e. The maximum absolute atomic E-state index is 12.5. The molecule has 0 aliphatic carbocycles. The number of aromatic nitrogens is 1. The average Bonchev–Trinajstić information content (AvgIpc) is 3.21. The van der Waals surface area contributed by atoms with E-state index in [1.807, 2.05) is 84.9 Å². The zero-order valence-electron chi connectivity index (χ0n) is 16.9. The number of para-hydroxylation sites is 1. The molecule has 0 atom stereocenters. The Balaban J connectivity index is 1.41. The molecule has 4 aromatic rings. The summed E-state index contributed by atoms with van der Waals surface area (Å²) in [5, 5.41) is 3.58. The second kappa shape index (κ2) is 9.36. The Morgan fingerprint density at radius 2 is 1.48 bits per heavy atom. The van der Waals surface area contributed by atoms with Gasteiger partial charge in [-0.05, 0) is 18.6 Å². The van der Waals surface area contributed by atoms with E-state index in [9.17, 15) is 9.59 Å². The molecule has 3 aromatic carbocycles. The van der Waals surface area contributed by atoms with Gasteiger partial charge < -0.3 is 10.1 Å². The van der Waals surface area contributed by atoms with Crippen LogP contribution >= 0.6 is 11.3 Å². The molecule has 1 amide bonds. The van der Waals surface area contributed by atoms with Gasteiger partial charge in [0.15, 0.2) is 6.61 Å². The van der Waals surface area contributed by atoms with E-state index in [0.717, 1.165) is 21.7 Å². The Labute approximate surface area is 184 Å². The summed E-state index contributed by atoms with van der Waals surface area (Å²) in [6.45, 7) is 1.38. The van der Waals surface area contributed by atoms with Crippen molar-refractivity contribution in [1.29, 1.82) is 0 Å². The quantitative estimate of drug-likeness (QED) is 0.407. The molecule has 4 rings (SSSR count). The summed E-state index contributed by atoms with van der Waals surface area (Å²) in [6.07, 6.45) is 0. The standard InChI is InChI=1S/C25H20N2O3S/c1-17-23(31-24(26-17)19-12-6-3-7-13-19)25(29)30-16-22(28)27-21-15-9-8-14-20(21)18-10-4-2-5-11-18/h2-15H,16H2,1H3,(H,27,28). The summed E-state index contributed by atoms with van der Waals surface area (Å²) in [5.74, 6) is -0.953. The van der Waals surface area contributed by atoms with E-state index in [1.165, 1.54) is 11.3 Å². The monoisotopic (exact) mass is 428 g/mol. The SMILES string of the molecule is Cc1nc(-c2ccccc2)sc1C(=O)OCC(=O)Nc1ccccc1-c1ccccc1. The van der Waals surface area contributed by atoms with Gasteiger partial charge in [0.1, 0.15) is 9.88 Å². The number of nitrogens with zero attached hydrogens (tertiary/aromatic N) is 1. The van der Waals surface area contributed by atoms with Crippen molar-refractivity contribution >= 4 is 28.9 Å². The van der Waals surface area contributed by atoms with Crippen LogP contribution in [0.3, 0.4) is 0 Å². The lowest BCUT2D eigenvalue weighted by atomic mass is 10.0. The Morgan fingerprint density at radius 1 is 0.871 bits per heavy atom. The van der Waals surface area contributed by atoms with Gasteiger partial charge in [-0.25, -0.2) is 9.78 Å². The third-order valence-electron chi connectivity index (χ3n) is 4.62. The van der Waals surface area contributed by atoms with Crippen LogP contribution in [0.4, 0.5) is 5.69 Å². The summed E-state index contributed by atoms with van der Waals surface area (Å²) in [5.41, 5.74) is 4.07. The number of carbonyl (C=O) groups excluding carboxylic acids is 2. The van der Waals surface area contributed by atoms with Gasteiger partial charge in [0.2, 0.25) is 0 Å². The van der Waals surface area contributed by atoms with Crippen LogP contribution in [0.1, 0.15) is 15.4 Å². The Morgan fingerprint density at radius 3 is 2.19 bits per heavy atom. The van der Waals surface area contributed by atoms with Crippen molar-refractivity contribution < 1.29 is 14.3 Å². The minimum atomic E-state index is -0.552. The van der Waals surface area contributed by atoms with Crippen LogP contribution in [0.15, 0.2) is 84.9 Å². The third-order valence-corrected chi connectivity index (χ3v) is 5.81. The summed E-state index contributed by atoms with van der Waals surface area (Å²) >= 11 is 1.26. The van der Waals surface area contributed by atoms with E-state index < -0.39 is 11.9 Å². The van der Waals surface area contributed by atoms with Crippen molar-refractivity contribution in [2.75, 3.05) is 11.9 Å². The van der Waals surface area contributed by atoms with Gasteiger partial charge in [-0.2, -0.15) is 0 Å². The molecule has 0 saturated heterocycles. The van der Waals surface area contributed by atoms with Crippen LogP contribution in [-0.2, 0) is 9.53 Å². The largest absolute Gasteiger partial charge is 0.451 e. The van der Waals surface area contributed by atoms with E-state index in [0.29, 0.717) is 16.3 Å². The third kappa shape index (κ3) is 4.87. The normalized spacial score (nSPS) is 10.5. The fraction of sp³-hybridized carbons (Fsp3) is 0.0800. The number of hydrogen-bond acceptors (Lipinski definition) is 5. The molecule has 0 fully saturated rings. The van der Waals surface area contributed by atoms with Crippen LogP contribution < -0.4 is 5.32 Å². The molecule has 1 N–H and O–H groups in total. The number of anilines is 1. The number of carbonyl (C=O) groups is 2. The topological polar surface area (TPSA) is 68.3 Å². The van der Waals surface area contributed by atoms with Gasteiger partial charge in [0.05, 0.1) is 5.69 Å². The number of rotatable bonds is 6. The smallest absolute Gasteiger partial charge is 0.350 e. The molecule has 1 heterocycles. The van der Waals surface area contributed by atoms with Gasteiger partial charge in [-0.15, -0.1) is 11.3 Å². The Bertz CT molecular complexity index is 1200. The van der Waals surface area contributed by atoms with Crippen molar-refractivity contribution in [3.05, 3.63) is 95.5 Å². The molecule has 0 unspecified atom stereocenters. The lowest BCUT2D eigenvalue weighted by Crippen LogP contribution is -2.21. The van der Waals surface area contributed by atoms with E-state index >= 15 is 0 Å². The molecule has 6 heteroatoms. The van der Waals surface area contributed by atoms with Crippen molar-refractivity contribution in [3.63, 3.8) is 0 Å². The molecule has 31 heavy (non-hydrogen) atoms. The maximum atomic E-state index is 12.5. The molecule has 0 radical (unpaired) electrons. The highest BCUT2D eigenvalue weighted by atomic mass is 32.1. The minimum absolute atomic E-state index is 0.375. The first-order valence-corrected chi connectivity index (χ1v) is 10.6. The first kappa shape index (κ1) is 20.5. The predicted molar refractivity (Wildman–Crippen MR) is 123 cm³/mol. The van der Waals surface area contributed by atoms with Crippen LogP contribution in [-0.4, -0.2) is 23.5 Å². The lowest BCUT2D eigenvalue weighted by Gasteiger charge is -2.11. The molecular weight excluding hydrogens is 408 g/mol. The molecular formula is C25H20N2O3S. The number of benzene rings is 3. The minimum Gasteiger partial charge on any atom is -0.451 e. The van der Waals surface area contributed by atoms with Crippen molar-refractivity contribution in [2.45, 2.75) is 6.92 Å². The van der Waals surface area contributed by atoms with Crippen LogP contribution in [0.25, 0.3) is 21.7 Å². The van der Waals surface area contributed by atoms with Crippen LogP contribution in [0.2, 0.25) is 0 Å². The lowest BCUT2D eigenvalue weighted by molar-refractivity contribution is -0.119. The molecule has 5 nitrogen and oxygen atoms in total. The Kier molecular flexibility index (Phi) is 6.19. The van der Waals surface area contributed by atoms with Crippen molar-refractivity contribution in [2.24, 2.45) is 0 Å². The average molecular weight is 429 g/mol. The fourth-order valence-corrected chi connectivity index (χ4v) is 4.10. The second-order valence-electron chi connectivity index (χ2n) is 6.84. The number of esters is 1. The van der Waals surface area contributed by atoms with Gasteiger partial charge >= 0.3 is 5.97 Å². The van der Waals surface area contributed by atoms with Crippen molar-refractivity contribution in [1.82, 2.24) is 4.98 Å². The van der Waals surface area contributed by atoms with Crippen LogP contribution in [0.5, 0.6) is 0 Å². The van der Waals surface area contributed by atoms with E-state index in [-0.39, 0.29) is 6.61 Å². The zero-order valence-corrected chi connectivity index (χ0v) is 17.7. The molecule has 154 valence electrons. The Hall–Kier alpha value is -3.77. The summed E-state index contributed by atoms with van der Waals surface area (Å²) in [4.78, 5) is 29.8. The summed E-state index contributed by atoms with van der Waals surface area (Å²) < 4.78 is 5.26. The first-order valence-electron chi connectivity index (χ1n) is 9.76. The van der Waals surface area contributed by atoms with E-state index in [4.69, 9.17) is 4.74 Å². The number of nitrogens with one attached hydrogen (secondary N) is 1. The van der Waals surface area contributed by atoms with Gasteiger partial charge in [-0.1, -0.05) is 78.9 Å². The number of thiazole rings is 1. The van der Waals surface area contributed by atoms with E-state index in [1.54, 1.807) is 6.92 Å². The van der Waals surface area contributed by atoms with E-state index in [2.05, 4.69) is 10.3 Å². The highest BCUT2D eigenvalue weighted by Crippen LogP contribution is 2.29. The zero-order chi connectivity index (χ0) is 21.6. The number of ether oxygens (including phenoxy) is 1. The number of hydrogen-bond donors (Lipinski definition) is 1. The predicted octanol–water partition coefficient (Wildman–Crippen LogP) is 5.58. The second-order valence-corrected chi connectivity index (χ2v) is 7.83. The van der Waals surface area contributed by atoms with Crippen LogP contribution in [0, 0.1) is 6.92 Å². The molecule has 0 saturated carbocycles. The molecule has 0 bridgehead atoms. The highest BCUT2D eigenvalue weighted by molar-refractivity contribution is 7.17. The molecule has 0 aliphatic rings. The molecule has 0 spiro atoms. The van der Waals surface area contributed by atoms with Crippen molar-refractivity contribution in [3.8, 4) is 21.7 Å². The van der Waals surface area contributed by atoms with Gasteiger partial charge in [-0.3, -0.25) is 4.79 Å². The summed E-state index contributed by atoms with van der Waals surface area (Å²) in [6, 6.07) is 26.9. The fourth-order valence-electron chi connectivity index (χ4n) is 3.13. The number of amides is 1. The first-order chi connectivity index (χ1) is 15.1. The highest BCUT2D eigenvalue weighted by Gasteiger charge is 2.19. The van der Waals surface area contributed by atoms with Gasteiger partial charge in [0.25, 0.3) is 5.91 Å². The number of aryl methyl sites for hydroxylation is 1.